The van der Waals surface area contributed by atoms with Gasteiger partial charge >= 0.3 is 0 Å². The van der Waals surface area contributed by atoms with Crippen LogP contribution in [0.4, 0.5) is 16.5 Å². The lowest BCUT2D eigenvalue weighted by Crippen LogP contribution is -2.15. The van der Waals surface area contributed by atoms with E-state index in [-0.39, 0.29) is 30.3 Å². The zero-order chi connectivity index (χ0) is 20.8. The number of benzene rings is 2. The molecular formula is C18H14N4O6S. The van der Waals surface area contributed by atoms with E-state index in [4.69, 9.17) is 4.74 Å². The lowest BCUT2D eigenvalue weighted by atomic mass is 10.1. The molecule has 0 bridgehead atoms. The number of aromatic nitrogens is 1. The molecule has 0 saturated carbocycles. The average Bonchev–Trinajstić information content (AvgIpc) is 3.17. The first-order chi connectivity index (χ1) is 13.9. The number of carbonyl (C=O) groups excluding carboxylic acids is 1. The number of nitro benzene ring substituents is 2. The Balaban J connectivity index is 1.52. The summed E-state index contributed by atoms with van der Waals surface area (Å²) in [6.45, 7) is 0.0900. The number of rotatable bonds is 8. The third-order valence-electron chi connectivity index (χ3n) is 3.75. The van der Waals surface area contributed by atoms with Gasteiger partial charge in [-0.05, 0) is 12.1 Å². The summed E-state index contributed by atoms with van der Waals surface area (Å²) in [6, 6.07) is 11.6. The molecule has 29 heavy (non-hydrogen) atoms. The Hall–Kier alpha value is -3.86. The van der Waals surface area contributed by atoms with E-state index in [2.05, 4.69) is 10.3 Å². The summed E-state index contributed by atoms with van der Waals surface area (Å²) in [6.07, 6.45) is 0.0582. The predicted molar refractivity (Wildman–Crippen MR) is 106 cm³/mol. The maximum Gasteiger partial charge on any atom is 0.270 e. The summed E-state index contributed by atoms with van der Waals surface area (Å²) in [5.74, 6) is 0.109. The molecule has 0 aliphatic carbocycles. The van der Waals surface area contributed by atoms with E-state index >= 15 is 0 Å². The minimum atomic E-state index is -0.507. The third kappa shape index (κ3) is 5.32. The number of nitrogens with zero attached hydrogens (tertiary/aromatic N) is 3. The van der Waals surface area contributed by atoms with Crippen LogP contribution < -0.4 is 10.1 Å². The molecule has 0 spiro atoms. The number of amides is 1. The SMILES string of the molecule is O=C(CCOc1ccc([N+](=O)[O-])cc1)Nc1nc(-c2cccc([N+](=O)[O-])c2)cs1. The molecule has 1 amide bonds. The smallest absolute Gasteiger partial charge is 0.270 e. The first-order valence-electron chi connectivity index (χ1n) is 8.30. The van der Waals surface area contributed by atoms with Gasteiger partial charge in [-0.25, -0.2) is 4.98 Å². The maximum absolute atomic E-state index is 12.0. The van der Waals surface area contributed by atoms with Crippen molar-refractivity contribution in [3.05, 3.63) is 74.1 Å². The largest absolute Gasteiger partial charge is 0.493 e. The third-order valence-corrected chi connectivity index (χ3v) is 4.51. The topological polar surface area (TPSA) is 138 Å². The minimum Gasteiger partial charge on any atom is -0.493 e. The molecule has 11 heteroatoms. The van der Waals surface area contributed by atoms with E-state index in [0.29, 0.717) is 22.1 Å². The van der Waals surface area contributed by atoms with Gasteiger partial charge in [-0.1, -0.05) is 12.1 Å². The van der Waals surface area contributed by atoms with Crippen molar-refractivity contribution >= 4 is 33.8 Å². The van der Waals surface area contributed by atoms with Gasteiger partial charge < -0.3 is 10.1 Å². The van der Waals surface area contributed by atoms with Crippen LogP contribution in [0.2, 0.25) is 0 Å². The standard InChI is InChI=1S/C18H14N4O6S/c23-17(8-9-28-15-6-4-13(5-7-15)21(24)25)20-18-19-16(11-29-18)12-2-1-3-14(10-12)22(26)27/h1-7,10-11H,8-9H2,(H,19,20,23). The second-order valence-electron chi connectivity index (χ2n) is 5.74. The van der Waals surface area contributed by atoms with Crippen molar-refractivity contribution in [2.24, 2.45) is 0 Å². The lowest BCUT2D eigenvalue weighted by Gasteiger charge is -2.05. The van der Waals surface area contributed by atoms with Gasteiger partial charge in [0.25, 0.3) is 11.4 Å². The molecule has 0 aliphatic heterocycles. The summed E-state index contributed by atoms with van der Waals surface area (Å²) < 4.78 is 5.39. The van der Waals surface area contributed by atoms with Gasteiger partial charge in [0.1, 0.15) is 5.75 Å². The van der Waals surface area contributed by atoms with Crippen LogP contribution in [0, 0.1) is 20.2 Å². The monoisotopic (exact) mass is 414 g/mol. The van der Waals surface area contributed by atoms with Gasteiger partial charge in [0.2, 0.25) is 5.91 Å². The highest BCUT2D eigenvalue weighted by molar-refractivity contribution is 7.14. The van der Waals surface area contributed by atoms with Crippen molar-refractivity contribution in [2.75, 3.05) is 11.9 Å². The Kier molecular flexibility index (Phi) is 6.09. The average molecular weight is 414 g/mol. The van der Waals surface area contributed by atoms with Crippen molar-refractivity contribution < 1.29 is 19.4 Å². The Labute approximate surface area is 168 Å². The van der Waals surface area contributed by atoms with Crippen molar-refractivity contribution in [1.82, 2.24) is 4.98 Å². The van der Waals surface area contributed by atoms with Crippen LogP contribution in [0.1, 0.15) is 6.42 Å². The normalized spacial score (nSPS) is 10.3. The predicted octanol–water partition coefficient (Wildman–Crippen LogP) is 4.03. The van der Waals surface area contributed by atoms with E-state index in [1.165, 1.54) is 47.7 Å². The quantitative estimate of drug-likeness (QED) is 0.434. The molecule has 0 radical (unpaired) electrons. The first kappa shape index (κ1) is 19.9. The van der Waals surface area contributed by atoms with E-state index in [1.54, 1.807) is 17.5 Å². The summed E-state index contributed by atoms with van der Waals surface area (Å²) in [5, 5.41) is 26.2. The number of thiazole rings is 1. The molecule has 0 atom stereocenters. The molecule has 148 valence electrons. The summed E-state index contributed by atoms with van der Waals surface area (Å²) in [4.78, 5) is 36.8. The fourth-order valence-corrected chi connectivity index (χ4v) is 3.09. The Bertz CT molecular complexity index is 1050. The lowest BCUT2D eigenvalue weighted by molar-refractivity contribution is -0.385. The molecule has 10 nitrogen and oxygen atoms in total. The molecule has 1 aromatic heterocycles. The fraction of sp³-hybridized carbons (Fsp3) is 0.111. The molecule has 1 heterocycles. The number of anilines is 1. The molecule has 0 saturated heterocycles. The number of hydrogen-bond acceptors (Lipinski definition) is 8. The molecule has 3 rings (SSSR count). The van der Waals surface area contributed by atoms with Crippen LogP contribution in [0.3, 0.4) is 0 Å². The molecule has 3 aromatic rings. The van der Waals surface area contributed by atoms with Gasteiger partial charge in [-0.2, -0.15) is 0 Å². The Morgan fingerprint density at radius 1 is 1.07 bits per heavy atom. The van der Waals surface area contributed by atoms with Crippen LogP contribution >= 0.6 is 11.3 Å². The number of ether oxygens (including phenoxy) is 1. The molecule has 1 N–H and O–H groups in total. The molecule has 0 aliphatic rings. The van der Waals surface area contributed by atoms with Gasteiger partial charge in [-0.3, -0.25) is 25.0 Å². The van der Waals surface area contributed by atoms with Crippen molar-refractivity contribution in [3.63, 3.8) is 0 Å². The van der Waals surface area contributed by atoms with E-state index in [0.717, 1.165) is 0 Å². The maximum atomic E-state index is 12.0. The van der Waals surface area contributed by atoms with Crippen molar-refractivity contribution in [2.45, 2.75) is 6.42 Å². The number of hydrogen-bond donors (Lipinski definition) is 1. The van der Waals surface area contributed by atoms with Crippen molar-refractivity contribution in [1.29, 1.82) is 0 Å². The van der Waals surface area contributed by atoms with E-state index in [9.17, 15) is 25.0 Å². The van der Waals surface area contributed by atoms with Gasteiger partial charge in [-0.15, -0.1) is 11.3 Å². The van der Waals surface area contributed by atoms with Crippen LogP contribution in [-0.2, 0) is 4.79 Å². The van der Waals surface area contributed by atoms with Gasteiger partial charge in [0, 0.05) is 35.2 Å². The van der Waals surface area contributed by atoms with Crippen LogP contribution in [0.15, 0.2) is 53.9 Å². The molecular weight excluding hydrogens is 400 g/mol. The molecule has 2 aromatic carbocycles. The fourth-order valence-electron chi connectivity index (χ4n) is 2.35. The minimum absolute atomic E-state index is 0.0375. The van der Waals surface area contributed by atoms with E-state index < -0.39 is 9.85 Å². The zero-order valence-electron chi connectivity index (χ0n) is 14.8. The van der Waals surface area contributed by atoms with Crippen LogP contribution in [0.25, 0.3) is 11.3 Å². The second kappa shape index (κ2) is 8.89. The molecule has 0 unspecified atom stereocenters. The van der Waals surface area contributed by atoms with Crippen LogP contribution in [-0.4, -0.2) is 27.3 Å². The van der Waals surface area contributed by atoms with Crippen LogP contribution in [0.5, 0.6) is 5.75 Å². The van der Waals surface area contributed by atoms with Gasteiger partial charge in [0.15, 0.2) is 5.13 Å². The number of carbonyl (C=O) groups is 1. The highest BCUT2D eigenvalue weighted by Crippen LogP contribution is 2.27. The molecule has 0 fully saturated rings. The summed E-state index contributed by atoms with van der Waals surface area (Å²) in [7, 11) is 0. The van der Waals surface area contributed by atoms with Crippen molar-refractivity contribution in [3.8, 4) is 17.0 Å². The number of non-ortho nitro benzene ring substituents is 2. The summed E-state index contributed by atoms with van der Waals surface area (Å²) in [5.41, 5.74) is 1.02. The highest BCUT2D eigenvalue weighted by atomic mass is 32.1. The van der Waals surface area contributed by atoms with E-state index in [1.807, 2.05) is 0 Å². The Morgan fingerprint density at radius 2 is 1.79 bits per heavy atom. The Morgan fingerprint density at radius 3 is 2.48 bits per heavy atom. The first-order valence-corrected chi connectivity index (χ1v) is 9.18. The van der Waals surface area contributed by atoms with Gasteiger partial charge in [0.05, 0.1) is 28.6 Å². The zero-order valence-corrected chi connectivity index (χ0v) is 15.6. The second-order valence-corrected chi connectivity index (χ2v) is 6.60. The highest BCUT2D eigenvalue weighted by Gasteiger charge is 2.12. The number of nitrogens with one attached hydrogen (secondary N) is 1. The summed E-state index contributed by atoms with van der Waals surface area (Å²) >= 11 is 1.20. The number of nitro groups is 2.